The number of anilines is 2. The molecule has 1 aliphatic rings. The van der Waals surface area contributed by atoms with E-state index in [2.05, 4.69) is 20.3 Å². The van der Waals surface area contributed by atoms with Crippen LogP contribution in [0.2, 0.25) is 0 Å². The molecule has 9 heteroatoms. The normalized spacial score (nSPS) is 20.4. The first-order valence-corrected chi connectivity index (χ1v) is 5.96. The number of rotatable bonds is 3. The lowest BCUT2D eigenvalue weighted by atomic mass is 10.2. The van der Waals surface area contributed by atoms with E-state index in [1.54, 1.807) is 0 Å². The van der Waals surface area contributed by atoms with Gasteiger partial charge in [0.2, 0.25) is 11.8 Å². The van der Waals surface area contributed by atoms with Gasteiger partial charge in [-0.25, -0.2) is 10.8 Å². The van der Waals surface area contributed by atoms with Crippen molar-refractivity contribution in [2.24, 2.45) is 5.84 Å². The van der Waals surface area contributed by atoms with Gasteiger partial charge < -0.3 is 9.80 Å². The van der Waals surface area contributed by atoms with Crippen LogP contribution in [0.4, 0.5) is 17.5 Å². The van der Waals surface area contributed by atoms with Crippen LogP contribution in [-0.4, -0.2) is 52.5 Å². The average molecular weight is 267 g/mol. The Balaban J connectivity index is 2.38. The number of hydrogen-bond donors (Lipinski definition) is 2. The number of nitro groups is 1. The number of piperazine rings is 1. The molecule has 1 unspecified atom stereocenters. The highest BCUT2D eigenvalue weighted by atomic mass is 16.6. The summed E-state index contributed by atoms with van der Waals surface area (Å²) >= 11 is 0. The minimum absolute atomic E-state index is 0.101. The second-order valence-corrected chi connectivity index (χ2v) is 4.61. The van der Waals surface area contributed by atoms with Crippen LogP contribution in [0.5, 0.6) is 0 Å². The van der Waals surface area contributed by atoms with Crippen molar-refractivity contribution in [2.45, 2.75) is 13.0 Å². The average Bonchev–Trinajstić information content (AvgIpc) is 2.38. The maximum atomic E-state index is 11.1. The third-order valence-electron chi connectivity index (χ3n) is 3.18. The third-order valence-corrected chi connectivity index (χ3v) is 3.18. The van der Waals surface area contributed by atoms with Crippen LogP contribution in [0.25, 0.3) is 0 Å². The van der Waals surface area contributed by atoms with Crippen LogP contribution in [0, 0.1) is 10.1 Å². The Morgan fingerprint density at radius 3 is 2.89 bits per heavy atom. The van der Waals surface area contributed by atoms with Crippen LogP contribution >= 0.6 is 0 Å². The number of nitrogens with one attached hydrogen (secondary N) is 1. The highest BCUT2D eigenvalue weighted by Gasteiger charge is 2.29. The van der Waals surface area contributed by atoms with Crippen molar-refractivity contribution in [3.63, 3.8) is 0 Å². The number of hydrazine groups is 1. The zero-order chi connectivity index (χ0) is 14.0. The molecule has 1 atom stereocenters. The molecule has 2 heterocycles. The molecule has 0 saturated carbocycles. The predicted octanol–water partition coefficient (Wildman–Crippen LogP) is -0.189. The fraction of sp³-hybridized carbons (Fsp3) is 0.600. The fourth-order valence-corrected chi connectivity index (χ4v) is 2.23. The molecule has 1 aromatic rings. The molecule has 0 amide bonds. The summed E-state index contributed by atoms with van der Waals surface area (Å²) in [6, 6.07) is 0.137. The number of nitrogens with zero attached hydrogens (tertiary/aromatic N) is 5. The molecule has 1 saturated heterocycles. The van der Waals surface area contributed by atoms with E-state index in [1.165, 1.54) is 6.20 Å². The van der Waals surface area contributed by atoms with Gasteiger partial charge in [-0.3, -0.25) is 15.5 Å². The van der Waals surface area contributed by atoms with Crippen LogP contribution in [0.3, 0.4) is 0 Å². The lowest BCUT2D eigenvalue weighted by molar-refractivity contribution is -0.384. The molecule has 0 radical (unpaired) electrons. The van der Waals surface area contributed by atoms with E-state index in [-0.39, 0.29) is 17.7 Å². The number of nitrogen functional groups attached to an aromatic ring is 1. The molecule has 0 spiro atoms. The van der Waals surface area contributed by atoms with E-state index in [9.17, 15) is 10.1 Å². The largest absolute Gasteiger partial charge is 0.345 e. The number of nitrogens with two attached hydrogens (primary N) is 1. The molecule has 0 bridgehead atoms. The Bertz CT molecular complexity index is 481. The summed E-state index contributed by atoms with van der Waals surface area (Å²) in [5.41, 5.74) is 2.21. The first-order valence-electron chi connectivity index (χ1n) is 5.96. The van der Waals surface area contributed by atoms with Crippen LogP contribution in [0.1, 0.15) is 6.92 Å². The monoisotopic (exact) mass is 267 g/mol. The topological polar surface area (TPSA) is 113 Å². The summed E-state index contributed by atoms with van der Waals surface area (Å²) in [5, 5.41) is 11.1. The minimum Gasteiger partial charge on any atom is -0.345 e. The molecule has 9 nitrogen and oxygen atoms in total. The predicted molar refractivity (Wildman–Crippen MR) is 70.8 cm³/mol. The maximum Gasteiger partial charge on any atom is 0.329 e. The van der Waals surface area contributed by atoms with Crippen LogP contribution in [-0.2, 0) is 0 Å². The SMILES string of the molecule is CC1CN(C)CCN1c1nc(NN)ncc1[N+](=O)[O-]. The Hall–Kier alpha value is -2.00. The Morgan fingerprint density at radius 1 is 1.58 bits per heavy atom. The first-order chi connectivity index (χ1) is 9.02. The lowest BCUT2D eigenvalue weighted by Crippen LogP contribution is -2.51. The Labute approximate surface area is 110 Å². The molecule has 2 rings (SSSR count). The second-order valence-electron chi connectivity index (χ2n) is 4.61. The summed E-state index contributed by atoms with van der Waals surface area (Å²) in [6.45, 7) is 4.35. The molecule has 104 valence electrons. The summed E-state index contributed by atoms with van der Waals surface area (Å²) in [5.74, 6) is 5.75. The fourth-order valence-electron chi connectivity index (χ4n) is 2.23. The standard InChI is InChI=1S/C10H17N7O2/c1-7-6-15(2)3-4-16(7)9-8(17(18)19)5-12-10(13-9)14-11/h5,7H,3-4,6,11H2,1-2H3,(H,12,13,14). The molecule has 1 aromatic heterocycles. The Kier molecular flexibility index (Phi) is 3.76. The van der Waals surface area contributed by atoms with E-state index in [0.717, 1.165) is 13.1 Å². The molecular formula is C10H17N7O2. The second kappa shape index (κ2) is 5.33. The third kappa shape index (κ3) is 2.71. The van der Waals surface area contributed by atoms with Crippen molar-refractivity contribution in [2.75, 3.05) is 37.0 Å². The van der Waals surface area contributed by atoms with Gasteiger partial charge in [-0.05, 0) is 14.0 Å². The highest BCUT2D eigenvalue weighted by molar-refractivity contribution is 5.59. The van der Waals surface area contributed by atoms with Crippen molar-refractivity contribution in [3.8, 4) is 0 Å². The van der Waals surface area contributed by atoms with Crippen molar-refractivity contribution < 1.29 is 4.92 Å². The lowest BCUT2D eigenvalue weighted by Gasteiger charge is -2.38. The summed E-state index contributed by atoms with van der Waals surface area (Å²) in [4.78, 5) is 22.6. The zero-order valence-corrected chi connectivity index (χ0v) is 10.9. The smallest absolute Gasteiger partial charge is 0.329 e. The van der Waals surface area contributed by atoms with Gasteiger partial charge in [-0.1, -0.05) is 0 Å². The van der Waals surface area contributed by atoms with Gasteiger partial charge in [0.1, 0.15) is 6.20 Å². The zero-order valence-electron chi connectivity index (χ0n) is 10.9. The summed E-state index contributed by atoms with van der Waals surface area (Å²) < 4.78 is 0. The highest BCUT2D eigenvalue weighted by Crippen LogP contribution is 2.28. The molecule has 0 aliphatic carbocycles. The van der Waals surface area contributed by atoms with Gasteiger partial charge in [0.25, 0.3) is 0 Å². The van der Waals surface area contributed by atoms with E-state index in [0.29, 0.717) is 12.4 Å². The quantitative estimate of drug-likeness (QED) is 0.440. The molecule has 0 aromatic carbocycles. The van der Waals surface area contributed by atoms with Gasteiger partial charge >= 0.3 is 5.69 Å². The molecule has 19 heavy (non-hydrogen) atoms. The van der Waals surface area contributed by atoms with Gasteiger partial charge in [-0.15, -0.1) is 0 Å². The summed E-state index contributed by atoms with van der Waals surface area (Å²) in [6.07, 6.45) is 1.18. The van der Waals surface area contributed by atoms with Gasteiger partial charge in [0.15, 0.2) is 0 Å². The number of aromatic nitrogens is 2. The molecule has 3 N–H and O–H groups in total. The van der Waals surface area contributed by atoms with E-state index in [4.69, 9.17) is 5.84 Å². The minimum atomic E-state index is -0.472. The molecule has 1 fully saturated rings. The summed E-state index contributed by atoms with van der Waals surface area (Å²) in [7, 11) is 2.02. The van der Waals surface area contributed by atoms with Gasteiger partial charge in [-0.2, -0.15) is 4.98 Å². The van der Waals surface area contributed by atoms with Gasteiger partial charge in [0, 0.05) is 25.7 Å². The molecule has 1 aliphatic heterocycles. The van der Waals surface area contributed by atoms with Crippen molar-refractivity contribution >= 4 is 17.5 Å². The number of likely N-dealkylation sites (N-methyl/N-ethyl adjacent to an activating group) is 1. The van der Waals surface area contributed by atoms with Crippen LogP contribution < -0.4 is 16.2 Å². The van der Waals surface area contributed by atoms with Crippen molar-refractivity contribution in [1.82, 2.24) is 14.9 Å². The van der Waals surface area contributed by atoms with E-state index >= 15 is 0 Å². The number of hydrogen-bond acceptors (Lipinski definition) is 8. The van der Waals surface area contributed by atoms with Crippen molar-refractivity contribution in [3.05, 3.63) is 16.3 Å². The van der Waals surface area contributed by atoms with E-state index < -0.39 is 4.92 Å². The molecular weight excluding hydrogens is 250 g/mol. The van der Waals surface area contributed by atoms with Crippen molar-refractivity contribution in [1.29, 1.82) is 0 Å². The Morgan fingerprint density at radius 2 is 2.32 bits per heavy atom. The van der Waals surface area contributed by atoms with E-state index in [1.807, 2.05) is 18.9 Å². The van der Waals surface area contributed by atoms with Crippen LogP contribution in [0.15, 0.2) is 6.20 Å². The first kappa shape index (κ1) is 13.4. The van der Waals surface area contributed by atoms with Gasteiger partial charge in [0.05, 0.1) is 4.92 Å². The maximum absolute atomic E-state index is 11.1.